The first-order valence-corrected chi connectivity index (χ1v) is 6.32. The monoisotopic (exact) mass is 314 g/mol. The van der Waals surface area contributed by atoms with Crippen LogP contribution in [-0.2, 0) is 15.7 Å². The molecule has 6 nitrogen and oxygen atoms in total. The number of aromatic nitrogens is 3. The number of hydrogen-bond acceptors (Lipinski definition) is 5. The van der Waals surface area contributed by atoms with E-state index < -0.39 is 17.7 Å². The molecule has 0 saturated heterocycles. The second-order valence-electron chi connectivity index (χ2n) is 4.45. The summed E-state index contributed by atoms with van der Waals surface area (Å²) in [6.07, 6.45) is -4.52. The molecule has 0 bridgehead atoms. The van der Waals surface area contributed by atoms with Gasteiger partial charge in [-0.2, -0.15) is 13.2 Å². The Morgan fingerprint density at radius 1 is 1.41 bits per heavy atom. The highest BCUT2D eigenvalue weighted by molar-refractivity contribution is 6.12. The molecule has 0 aliphatic heterocycles. The number of halogens is 3. The number of rotatable bonds is 3. The average Bonchev–Trinajstić information content (AvgIpc) is 2.81. The van der Waals surface area contributed by atoms with Gasteiger partial charge in [0.2, 0.25) is 0 Å². The first-order valence-electron chi connectivity index (χ1n) is 6.32. The molecule has 9 heteroatoms. The largest absolute Gasteiger partial charge is 0.461 e. The lowest BCUT2D eigenvalue weighted by molar-refractivity contribution is -0.137. The molecule has 22 heavy (non-hydrogen) atoms. The van der Waals surface area contributed by atoms with Crippen LogP contribution in [0.4, 0.5) is 13.2 Å². The predicted octanol–water partition coefficient (Wildman–Crippen LogP) is 2.16. The number of hydrogen-bond donors (Lipinski definition) is 1. The number of carbonyl (C=O) groups excluding carboxylic acids is 1. The van der Waals surface area contributed by atoms with Crippen molar-refractivity contribution in [2.75, 3.05) is 6.61 Å². The summed E-state index contributed by atoms with van der Waals surface area (Å²) in [6.45, 7) is 3.12. The van der Waals surface area contributed by atoms with Crippen LogP contribution >= 0.6 is 0 Å². The molecule has 1 aromatic carbocycles. The van der Waals surface area contributed by atoms with E-state index in [-0.39, 0.29) is 29.0 Å². The number of esters is 1. The summed E-state index contributed by atoms with van der Waals surface area (Å²) in [4.78, 5) is 11.9. The third kappa shape index (κ3) is 2.87. The van der Waals surface area contributed by atoms with Crippen molar-refractivity contribution in [3.05, 3.63) is 29.5 Å². The van der Waals surface area contributed by atoms with Gasteiger partial charge in [0.15, 0.2) is 5.70 Å². The van der Waals surface area contributed by atoms with E-state index in [1.165, 1.54) is 13.0 Å². The minimum Gasteiger partial charge on any atom is -0.461 e. The van der Waals surface area contributed by atoms with E-state index in [0.717, 1.165) is 16.8 Å². The fraction of sp³-hybridized carbons (Fsp3) is 0.308. The Hall–Kier alpha value is -2.58. The summed E-state index contributed by atoms with van der Waals surface area (Å²) in [5, 5.41) is 7.44. The van der Waals surface area contributed by atoms with Crippen molar-refractivity contribution in [3.63, 3.8) is 0 Å². The average molecular weight is 314 g/mol. The SMILES string of the molecule is CCOC(=O)/C(=C(/C)N)n1nnc2ccc(C(F)(F)F)cc21. The minimum absolute atomic E-state index is 0.0164. The zero-order valence-electron chi connectivity index (χ0n) is 11.8. The van der Waals surface area contributed by atoms with E-state index in [9.17, 15) is 18.0 Å². The van der Waals surface area contributed by atoms with E-state index >= 15 is 0 Å². The number of benzene rings is 1. The summed E-state index contributed by atoms with van der Waals surface area (Å²) in [6, 6.07) is 2.93. The van der Waals surface area contributed by atoms with Crippen LogP contribution in [0.1, 0.15) is 19.4 Å². The third-order valence-electron chi connectivity index (χ3n) is 2.83. The van der Waals surface area contributed by atoms with Gasteiger partial charge in [-0.05, 0) is 32.0 Å². The molecule has 0 fully saturated rings. The zero-order valence-corrected chi connectivity index (χ0v) is 11.8. The van der Waals surface area contributed by atoms with Gasteiger partial charge in [0.25, 0.3) is 0 Å². The highest BCUT2D eigenvalue weighted by atomic mass is 19.4. The van der Waals surface area contributed by atoms with E-state index in [4.69, 9.17) is 10.5 Å². The van der Waals surface area contributed by atoms with Gasteiger partial charge in [-0.15, -0.1) is 5.10 Å². The Kier molecular flexibility index (Phi) is 4.07. The molecule has 0 spiro atoms. The summed E-state index contributed by atoms with van der Waals surface area (Å²) >= 11 is 0. The molecule has 1 heterocycles. The second-order valence-corrected chi connectivity index (χ2v) is 4.45. The summed E-state index contributed by atoms with van der Waals surface area (Å²) in [7, 11) is 0. The molecule has 2 N–H and O–H groups in total. The maximum atomic E-state index is 12.8. The summed E-state index contributed by atoms with van der Waals surface area (Å²) < 4.78 is 44.2. The van der Waals surface area contributed by atoms with Gasteiger partial charge in [-0.1, -0.05) is 5.21 Å². The standard InChI is InChI=1S/C13H13F3N4O2/c1-3-22-12(21)11(7(2)17)20-10-6-8(13(14,15)16)4-5-9(10)18-19-20/h4-6H,3,17H2,1-2H3/b11-7+. The first-order chi connectivity index (χ1) is 10.3. The van der Waals surface area contributed by atoms with Crippen molar-refractivity contribution < 1.29 is 22.7 Å². The lowest BCUT2D eigenvalue weighted by atomic mass is 10.2. The zero-order chi connectivity index (χ0) is 16.5. The van der Waals surface area contributed by atoms with Gasteiger partial charge < -0.3 is 10.5 Å². The van der Waals surface area contributed by atoms with Crippen molar-refractivity contribution in [2.45, 2.75) is 20.0 Å². The predicted molar refractivity (Wildman–Crippen MR) is 72.2 cm³/mol. The summed E-state index contributed by atoms with van der Waals surface area (Å²) in [5.41, 5.74) is 4.88. The minimum atomic E-state index is -4.52. The van der Waals surface area contributed by atoms with Crippen LogP contribution in [0, 0.1) is 0 Å². The van der Waals surface area contributed by atoms with Crippen LogP contribution in [0.15, 0.2) is 23.9 Å². The molecule has 0 aliphatic carbocycles. The van der Waals surface area contributed by atoms with E-state index in [1.807, 2.05) is 0 Å². The molecular formula is C13H13F3N4O2. The molecule has 0 atom stereocenters. The first kappa shape index (κ1) is 15.8. The number of fused-ring (bicyclic) bond motifs is 1. The Bertz CT molecular complexity index is 745. The molecule has 0 unspecified atom stereocenters. The Balaban J connectivity index is 2.64. The van der Waals surface area contributed by atoms with Gasteiger partial charge >= 0.3 is 12.1 Å². The molecular weight excluding hydrogens is 301 g/mol. The third-order valence-corrected chi connectivity index (χ3v) is 2.83. The highest BCUT2D eigenvalue weighted by Crippen LogP contribution is 2.31. The van der Waals surface area contributed by atoms with Crippen LogP contribution in [0.3, 0.4) is 0 Å². The van der Waals surface area contributed by atoms with Gasteiger partial charge in [0.1, 0.15) is 5.52 Å². The van der Waals surface area contributed by atoms with Crippen LogP contribution in [0.2, 0.25) is 0 Å². The number of allylic oxidation sites excluding steroid dienone is 1. The fourth-order valence-electron chi connectivity index (χ4n) is 1.87. The molecule has 2 rings (SSSR count). The van der Waals surface area contributed by atoms with Crippen LogP contribution in [0.25, 0.3) is 16.7 Å². The van der Waals surface area contributed by atoms with Crippen LogP contribution in [0.5, 0.6) is 0 Å². The lowest BCUT2D eigenvalue weighted by Crippen LogP contribution is -2.18. The van der Waals surface area contributed by atoms with Crippen molar-refractivity contribution in [3.8, 4) is 0 Å². The van der Waals surface area contributed by atoms with Crippen molar-refractivity contribution >= 4 is 22.7 Å². The number of nitrogens with two attached hydrogens (primary N) is 1. The van der Waals surface area contributed by atoms with Gasteiger partial charge in [-0.25, -0.2) is 9.48 Å². The molecule has 118 valence electrons. The van der Waals surface area contributed by atoms with Crippen molar-refractivity contribution in [1.82, 2.24) is 15.0 Å². The topological polar surface area (TPSA) is 83.0 Å². The van der Waals surface area contributed by atoms with Gasteiger partial charge in [-0.3, -0.25) is 0 Å². The smallest absolute Gasteiger partial charge is 0.416 e. The maximum absolute atomic E-state index is 12.8. The van der Waals surface area contributed by atoms with E-state index in [0.29, 0.717) is 0 Å². The quantitative estimate of drug-likeness (QED) is 0.693. The normalized spacial score (nSPS) is 13.1. The molecule has 0 aliphatic rings. The maximum Gasteiger partial charge on any atom is 0.416 e. The number of carbonyl (C=O) groups is 1. The fourth-order valence-corrected chi connectivity index (χ4v) is 1.87. The Morgan fingerprint density at radius 3 is 2.64 bits per heavy atom. The Labute approximate surface area is 123 Å². The second kappa shape index (κ2) is 5.66. The number of ether oxygens (including phenoxy) is 1. The van der Waals surface area contributed by atoms with Crippen LogP contribution < -0.4 is 5.73 Å². The van der Waals surface area contributed by atoms with Crippen molar-refractivity contribution in [2.24, 2.45) is 5.73 Å². The van der Waals surface area contributed by atoms with Crippen molar-refractivity contribution in [1.29, 1.82) is 0 Å². The molecule has 0 saturated carbocycles. The molecule has 1 aromatic heterocycles. The molecule has 0 radical (unpaired) electrons. The number of alkyl halides is 3. The summed E-state index contributed by atoms with van der Waals surface area (Å²) in [5.74, 6) is -0.785. The van der Waals surface area contributed by atoms with Gasteiger partial charge in [0.05, 0.1) is 17.7 Å². The van der Waals surface area contributed by atoms with E-state index in [1.54, 1.807) is 6.92 Å². The number of nitrogens with zero attached hydrogens (tertiary/aromatic N) is 3. The molecule has 0 amide bonds. The highest BCUT2D eigenvalue weighted by Gasteiger charge is 2.31. The van der Waals surface area contributed by atoms with E-state index in [2.05, 4.69) is 10.3 Å². The molecule has 2 aromatic rings. The lowest BCUT2D eigenvalue weighted by Gasteiger charge is -2.10. The van der Waals surface area contributed by atoms with Crippen LogP contribution in [-0.4, -0.2) is 27.6 Å². The van der Waals surface area contributed by atoms with Gasteiger partial charge in [0, 0.05) is 5.70 Å². The Morgan fingerprint density at radius 2 is 2.09 bits per heavy atom.